The number of nitrogens with zero attached hydrogens (tertiary/aromatic N) is 3. The van der Waals surface area contributed by atoms with Gasteiger partial charge in [-0.15, -0.1) is 0 Å². The summed E-state index contributed by atoms with van der Waals surface area (Å²) in [5, 5.41) is 4.92. The normalized spacial score (nSPS) is 12.3. The second-order valence-corrected chi connectivity index (χ2v) is 8.83. The third kappa shape index (κ3) is 5.63. The first-order valence-corrected chi connectivity index (χ1v) is 11.8. The standard InChI is InChI=1S/C23H23Br2N3O4/c1-4-6-21-27-19-9-7-17(25)12-18(19)22(29)28(21)26-13-15-11-16(24)8-10-20(15)32-14(3)23(30)31-5-2/h7-14H,4-6H2,1-3H3/t14-/m1/s1. The maximum Gasteiger partial charge on any atom is 0.347 e. The van der Waals surface area contributed by atoms with Gasteiger partial charge in [-0.3, -0.25) is 4.79 Å². The number of aryl methyl sites for hydroxylation is 1. The molecule has 0 radical (unpaired) electrons. The lowest BCUT2D eigenvalue weighted by molar-refractivity contribution is -0.150. The molecule has 0 spiro atoms. The van der Waals surface area contributed by atoms with Gasteiger partial charge in [0.05, 0.1) is 23.7 Å². The zero-order valence-corrected chi connectivity index (χ0v) is 21.1. The largest absolute Gasteiger partial charge is 0.478 e. The molecule has 1 heterocycles. The molecule has 7 nitrogen and oxygen atoms in total. The Labute approximate surface area is 202 Å². The van der Waals surface area contributed by atoms with Gasteiger partial charge in [0.15, 0.2) is 6.10 Å². The molecule has 168 valence electrons. The smallest absolute Gasteiger partial charge is 0.347 e. The molecule has 32 heavy (non-hydrogen) atoms. The summed E-state index contributed by atoms with van der Waals surface area (Å²) in [7, 11) is 0. The van der Waals surface area contributed by atoms with Gasteiger partial charge in [-0.25, -0.2) is 9.78 Å². The van der Waals surface area contributed by atoms with Gasteiger partial charge in [-0.1, -0.05) is 38.8 Å². The van der Waals surface area contributed by atoms with E-state index in [0.717, 1.165) is 15.4 Å². The first-order chi connectivity index (χ1) is 15.3. The van der Waals surface area contributed by atoms with Gasteiger partial charge < -0.3 is 9.47 Å². The summed E-state index contributed by atoms with van der Waals surface area (Å²) in [6.07, 6.45) is 2.15. The second-order valence-electron chi connectivity index (χ2n) is 7.00. The summed E-state index contributed by atoms with van der Waals surface area (Å²) in [5.74, 6) is 0.559. The summed E-state index contributed by atoms with van der Waals surface area (Å²) in [5.41, 5.74) is 0.968. The molecule has 0 aliphatic heterocycles. The number of hydrogen-bond donors (Lipinski definition) is 0. The minimum absolute atomic E-state index is 0.256. The van der Waals surface area contributed by atoms with Crippen LogP contribution in [0.4, 0.5) is 0 Å². The first kappa shape index (κ1) is 24.1. The summed E-state index contributed by atoms with van der Waals surface area (Å²) >= 11 is 6.85. The zero-order chi connectivity index (χ0) is 23.3. The topological polar surface area (TPSA) is 82.8 Å². The highest BCUT2D eigenvalue weighted by atomic mass is 79.9. The monoisotopic (exact) mass is 563 g/mol. The average molecular weight is 565 g/mol. The minimum Gasteiger partial charge on any atom is -0.478 e. The molecule has 1 aromatic heterocycles. The van der Waals surface area contributed by atoms with E-state index in [2.05, 4.69) is 41.9 Å². The van der Waals surface area contributed by atoms with Crippen molar-refractivity contribution in [3.63, 3.8) is 0 Å². The highest BCUT2D eigenvalue weighted by Crippen LogP contribution is 2.23. The van der Waals surface area contributed by atoms with Gasteiger partial charge in [0.25, 0.3) is 5.56 Å². The summed E-state index contributed by atoms with van der Waals surface area (Å²) in [4.78, 5) is 29.8. The van der Waals surface area contributed by atoms with E-state index in [1.165, 1.54) is 10.9 Å². The van der Waals surface area contributed by atoms with E-state index < -0.39 is 12.1 Å². The van der Waals surface area contributed by atoms with Crippen LogP contribution < -0.4 is 10.3 Å². The molecule has 0 unspecified atom stereocenters. The second kappa shape index (κ2) is 10.9. The predicted octanol–water partition coefficient (Wildman–Crippen LogP) is 5.09. The van der Waals surface area contributed by atoms with Crippen LogP contribution >= 0.6 is 31.9 Å². The molecular formula is C23H23Br2N3O4. The molecule has 0 fully saturated rings. The van der Waals surface area contributed by atoms with Crippen molar-refractivity contribution in [3.05, 3.63) is 67.1 Å². The number of halogens is 2. The maximum atomic E-state index is 13.2. The Kier molecular flexibility index (Phi) is 8.20. The first-order valence-electron chi connectivity index (χ1n) is 10.2. The molecule has 3 rings (SSSR count). The fraction of sp³-hybridized carbons (Fsp3) is 0.304. The van der Waals surface area contributed by atoms with Gasteiger partial charge in [0.2, 0.25) is 0 Å². The summed E-state index contributed by atoms with van der Waals surface area (Å²) in [6.45, 7) is 5.65. The van der Waals surface area contributed by atoms with Crippen LogP contribution in [-0.2, 0) is 16.0 Å². The zero-order valence-electron chi connectivity index (χ0n) is 18.0. The predicted molar refractivity (Wildman–Crippen MR) is 132 cm³/mol. The van der Waals surface area contributed by atoms with Crippen molar-refractivity contribution in [1.82, 2.24) is 9.66 Å². The summed E-state index contributed by atoms with van der Waals surface area (Å²) in [6, 6.07) is 10.7. The molecule has 0 saturated carbocycles. The third-order valence-electron chi connectivity index (χ3n) is 4.56. The average Bonchev–Trinajstić information content (AvgIpc) is 2.76. The Hall–Kier alpha value is -2.52. The highest BCUT2D eigenvalue weighted by Gasteiger charge is 2.17. The van der Waals surface area contributed by atoms with E-state index in [1.54, 1.807) is 38.1 Å². The molecule has 0 aliphatic carbocycles. The lowest BCUT2D eigenvalue weighted by atomic mass is 10.2. The van der Waals surface area contributed by atoms with E-state index in [-0.39, 0.29) is 12.2 Å². The van der Waals surface area contributed by atoms with Crippen LogP contribution in [0.2, 0.25) is 0 Å². The molecule has 0 saturated heterocycles. The van der Waals surface area contributed by atoms with E-state index in [4.69, 9.17) is 9.47 Å². The number of hydrogen-bond acceptors (Lipinski definition) is 6. The van der Waals surface area contributed by atoms with E-state index in [9.17, 15) is 9.59 Å². The Morgan fingerprint density at radius 3 is 2.62 bits per heavy atom. The number of benzene rings is 2. The fourth-order valence-corrected chi connectivity index (χ4v) is 3.78. The molecule has 2 aromatic carbocycles. The number of carbonyl (C=O) groups excluding carboxylic acids is 1. The molecule has 0 bridgehead atoms. The third-order valence-corrected chi connectivity index (χ3v) is 5.54. The lowest BCUT2D eigenvalue weighted by Gasteiger charge is -2.15. The molecule has 3 aromatic rings. The maximum absolute atomic E-state index is 13.2. The van der Waals surface area contributed by atoms with E-state index >= 15 is 0 Å². The van der Waals surface area contributed by atoms with Crippen molar-refractivity contribution in [2.75, 3.05) is 6.61 Å². The number of aromatic nitrogens is 2. The van der Waals surface area contributed by atoms with Gasteiger partial charge >= 0.3 is 5.97 Å². The highest BCUT2D eigenvalue weighted by molar-refractivity contribution is 9.10. The number of ether oxygens (including phenoxy) is 2. The number of rotatable bonds is 8. The van der Waals surface area contributed by atoms with Gasteiger partial charge in [0.1, 0.15) is 11.6 Å². The van der Waals surface area contributed by atoms with E-state index in [0.29, 0.717) is 34.5 Å². The lowest BCUT2D eigenvalue weighted by Crippen LogP contribution is -2.26. The SMILES string of the molecule is CCCc1nc2ccc(Br)cc2c(=O)n1N=Cc1cc(Br)ccc1O[C@H](C)C(=O)OCC. The molecule has 0 N–H and O–H groups in total. The Balaban J connectivity index is 2.04. The van der Waals surface area contributed by atoms with Crippen molar-refractivity contribution < 1.29 is 14.3 Å². The van der Waals surface area contributed by atoms with Crippen molar-refractivity contribution >= 4 is 54.9 Å². The molecule has 1 atom stereocenters. The fourth-order valence-electron chi connectivity index (χ4n) is 3.04. The van der Waals surface area contributed by atoms with Crippen LogP contribution in [0, 0.1) is 0 Å². The Bertz CT molecular complexity index is 1220. The van der Waals surface area contributed by atoms with Crippen LogP contribution in [0.3, 0.4) is 0 Å². The van der Waals surface area contributed by atoms with Crippen molar-refractivity contribution in [2.24, 2.45) is 5.10 Å². The van der Waals surface area contributed by atoms with Crippen molar-refractivity contribution in [3.8, 4) is 5.75 Å². The molecule has 9 heteroatoms. The van der Waals surface area contributed by atoms with E-state index in [1.807, 2.05) is 19.1 Å². The number of esters is 1. The summed E-state index contributed by atoms with van der Waals surface area (Å²) < 4.78 is 13.7. The van der Waals surface area contributed by atoms with Gasteiger partial charge in [0, 0.05) is 20.9 Å². The van der Waals surface area contributed by atoms with Crippen LogP contribution in [0.5, 0.6) is 5.75 Å². The minimum atomic E-state index is -0.790. The Morgan fingerprint density at radius 1 is 1.19 bits per heavy atom. The van der Waals surface area contributed by atoms with Crippen molar-refractivity contribution in [2.45, 2.75) is 39.7 Å². The number of carbonyl (C=O) groups is 1. The molecular weight excluding hydrogens is 542 g/mol. The van der Waals surface area contributed by atoms with Crippen LogP contribution in [0.1, 0.15) is 38.6 Å². The quantitative estimate of drug-likeness (QED) is 0.281. The number of fused-ring (bicyclic) bond motifs is 1. The van der Waals surface area contributed by atoms with Crippen LogP contribution in [0.15, 0.2) is 55.2 Å². The van der Waals surface area contributed by atoms with Crippen LogP contribution in [0.25, 0.3) is 10.9 Å². The van der Waals surface area contributed by atoms with Crippen molar-refractivity contribution in [1.29, 1.82) is 0 Å². The van der Waals surface area contributed by atoms with Crippen LogP contribution in [-0.4, -0.2) is 34.6 Å². The molecule has 0 amide bonds. The molecule has 0 aliphatic rings. The van der Waals surface area contributed by atoms with Gasteiger partial charge in [-0.2, -0.15) is 9.78 Å². The Morgan fingerprint density at radius 2 is 1.91 bits per heavy atom. The van der Waals surface area contributed by atoms with Gasteiger partial charge in [-0.05, 0) is 56.7 Å².